The maximum atomic E-state index is 12.0. The van der Waals surface area contributed by atoms with Gasteiger partial charge in [0.05, 0.1) is 11.6 Å². The minimum atomic E-state index is -0.622. The van der Waals surface area contributed by atoms with E-state index in [4.69, 9.17) is 0 Å². The predicted molar refractivity (Wildman–Crippen MR) is 62.1 cm³/mol. The summed E-state index contributed by atoms with van der Waals surface area (Å²) < 4.78 is 0. The highest BCUT2D eigenvalue weighted by Crippen LogP contribution is 2.30. The molecule has 2 N–H and O–H groups in total. The van der Waals surface area contributed by atoms with E-state index in [0.717, 1.165) is 45.1 Å². The molecule has 2 aliphatic rings. The second-order valence-corrected chi connectivity index (χ2v) is 5.27. The van der Waals surface area contributed by atoms with Crippen LogP contribution in [0.5, 0.6) is 0 Å². The Hall–Kier alpha value is -0.610. The lowest BCUT2D eigenvalue weighted by atomic mass is 10.0. The number of likely N-dealkylation sites (N-methyl/N-ethyl adjacent to an activating group) is 1. The zero-order valence-corrected chi connectivity index (χ0v) is 10.0. The first-order chi connectivity index (χ1) is 7.61. The van der Waals surface area contributed by atoms with Gasteiger partial charge in [-0.2, -0.15) is 0 Å². The minimum absolute atomic E-state index is 0.0185. The Morgan fingerprint density at radius 1 is 1.44 bits per heavy atom. The minimum Gasteiger partial charge on any atom is -0.388 e. The molecule has 1 aliphatic carbocycles. The van der Waals surface area contributed by atoms with Crippen molar-refractivity contribution in [3.05, 3.63) is 0 Å². The molecule has 4 heteroatoms. The second kappa shape index (κ2) is 4.72. The standard InChI is InChI=1S/C12H22N2O2/c1-14(9-12(16)6-2-3-7-12)11(15)10-5-4-8-13-10/h10,13,16H,2-9H2,1H3/t10-/m0/s1. The van der Waals surface area contributed by atoms with Gasteiger partial charge >= 0.3 is 0 Å². The van der Waals surface area contributed by atoms with E-state index in [1.54, 1.807) is 11.9 Å². The summed E-state index contributed by atoms with van der Waals surface area (Å²) in [6.45, 7) is 1.43. The summed E-state index contributed by atoms with van der Waals surface area (Å²) in [7, 11) is 1.80. The van der Waals surface area contributed by atoms with Gasteiger partial charge in [-0.25, -0.2) is 0 Å². The molecule has 0 aromatic carbocycles. The number of nitrogens with zero attached hydrogens (tertiary/aromatic N) is 1. The summed E-state index contributed by atoms with van der Waals surface area (Å²) in [6, 6.07) is -0.0185. The van der Waals surface area contributed by atoms with Crippen LogP contribution in [0.1, 0.15) is 38.5 Å². The van der Waals surface area contributed by atoms with E-state index in [2.05, 4.69) is 5.32 Å². The molecular formula is C12H22N2O2. The Labute approximate surface area is 97.0 Å². The quantitative estimate of drug-likeness (QED) is 0.737. The van der Waals surface area contributed by atoms with E-state index in [-0.39, 0.29) is 11.9 Å². The highest BCUT2D eigenvalue weighted by Gasteiger charge is 2.35. The molecule has 2 rings (SSSR count). The fourth-order valence-electron chi connectivity index (χ4n) is 2.87. The summed E-state index contributed by atoms with van der Waals surface area (Å²) in [5, 5.41) is 13.4. The van der Waals surface area contributed by atoms with Crippen molar-refractivity contribution in [2.45, 2.75) is 50.2 Å². The maximum Gasteiger partial charge on any atom is 0.239 e. The Bertz CT molecular complexity index is 256. The third kappa shape index (κ3) is 2.55. The van der Waals surface area contributed by atoms with Crippen molar-refractivity contribution >= 4 is 5.91 Å². The number of amides is 1. The van der Waals surface area contributed by atoms with Gasteiger partial charge in [-0.15, -0.1) is 0 Å². The molecule has 1 atom stereocenters. The fraction of sp³-hybridized carbons (Fsp3) is 0.917. The second-order valence-electron chi connectivity index (χ2n) is 5.27. The molecule has 16 heavy (non-hydrogen) atoms. The highest BCUT2D eigenvalue weighted by atomic mass is 16.3. The lowest BCUT2D eigenvalue weighted by Crippen LogP contribution is -2.48. The average Bonchev–Trinajstić information content (AvgIpc) is 2.87. The summed E-state index contributed by atoms with van der Waals surface area (Å²) in [4.78, 5) is 13.7. The lowest BCUT2D eigenvalue weighted by Gasteiger charge is -2.30. The van der Waals surface area contributed by atoms with Crippen LogP contribution < -0.4 is 5.32 Å². The molecule has 92 valence electrons. The van der Waals surface area contributed by atoms with Gasteiger partial charge in [0, 0.05) is 13.6 Å². The van der Waals surface area contributed by atoms with Crippen molar-refractivity contribution in [3.63, 3.8) is 0 Å². The van der Waals surface area contributed by atoms with E-state index in [1.165, 1.54) is 0 Å². The van der Waals surface area contributed by atoms with Crippen LogP contribution in [0.3, 0.4) is 0 Å². The van der Waals surface area contributed by atoms with Crippen molar-refractivity contribution in [3.8, 4) is 0 Å². The number of aliphatic hydroxyl groups is 1. The van der Waals surface area contributed by atoms with Crippen LogP contribution in [0.25, 0.3) is 0 Å². The largest absolute Gasteiger partial charge is 0.388 e. The lowest BCUT2D eigenvalue weighted by molar-refractivity contribution is -0.135. The summed E-state index contributed by atoms with van der Waals surface area (Å²) in [5.74, 6) is 0.137. The van der Waals surface area contributed by atoms with Crippen LogP contribution in [0, 0.1) is 0 Å². The first kappa shape index (κ1) is 11.9. The van der Waals surface area contributed by atoms with E-state index in [0.29, 0.717) is 6.54 Å². The summed E-state index contributed by atoms with van der Waals surface area (Å²) >= 11 is 0. The Morgan fingerprint density at radius 3 is 2.69 bits per heavy atom. The number of hydrogen-bond donors (Lipinski definition) is 2. The fourth-order valence-corrected chi connectivity index (χ4v) is 2.87. The van der Waals surface area contributed by atoms with Gasteiger partial charge in [-0.3, -0.25) is 4.79 Å². The molecule has 0 aromatic heterocycles. The van der Waals surface area contributed by atoms with Crippen LogP contribution in [0.15, 0.2) is 0 Å². The molecule has 0 aromatic rings. The van der Waals surface area contributed by atoms with Crippen molar-refractivity contribution < 1.29 is 9.90 Å². The molecule has 0 bridgehead atoms. The maximum absolute atomic E-state index is 12.0. The zero-order chi connectivity index (χ0) is 11.6. The van der Waals surface area contributed by atoms with Gasteiger partial charge in [0.1, 0.15) is 0 Å². The Morgan fingerprint density at radius 2 is 2.12 bits per heavy atom. The first-order valence-corrected chi connectivity index (χ1v) is 6.31. The topological polar surface area (TPSA) is 52.6 Å². The van der Waals surface area contributed by atoms with Crippen LogP contribution >= 0.6 is 0 Å². The molecule has 1 heterocycles. The SMILES string of the molecule is CN(CC1(O)CCCC1)C(=O)[C@@H]1CCCN1. The number of rotatable bonds is 3. The molecule has 1 aliphatic heterocycles. The monoisotopic (exact) mass is 226 g/mol. The van der Waals surface area contributed by atoms with Crippen molar-refractivity contribution in [1.29, 1.82) is 0 Å². The van der Waals surface area contributed by atoms with E-state index < -0.39 is 5.60 Å². The third-order valence-electron chi connectivity index (χ3n) is 3.80. The van der Waals surface area contributed by atoms with E-state index in [9.17, 15) is 9.90 Å². The van der Waals surface area contributed by atoms with Gasteiger partial charge in [0.25, 0.3) is 0 Å². The molecule has 0 spiro atoms. The van der Waals surface area contributed by atoms with Crippen LogP contribution in [0.4, 0.5) is 0 Å². The van der Waals surface area contributed by atoms with Crippen molar-refractivity contribution in [2.75, 3.05) is 20.1 Å². The van der Waals surface area contributed by atoms with Gasteiger partial charge in [0.15, 0.2) is 0 Å². The first-order valence-electron chi connectivity index (χ1n) is 6.31. The highest BCUT2D eigenvalue weighted by molar-refractivity contribution is 5.82. The molecule has 4 nitrogen and oxygen atoms in total. The number of nitrogens with one attached hydrogen (secondary N) is 1. The number of carbonyl (C=O) groups is 1. The smallest absolute Gasteiger partial charge is 0.239 e. The summed E-state index contributed by atoms with van der Waals surface area (Å²) in [6.07, 6.45) is 5.85. The number of hydrogen-bond acceptors (Lipinski definition) is 3. The van der Waals surface area contributed by atoms with Crippen molar-refractivity contribution in [1.82, 2.24) is 10.2 Å². The molecule has 1 saturated carbocycles. The van der Waals surface area contributed by atoms with Crippen LogP contribution in [-0.4, -0.2) is 47.7 Å². The van der Waals surface area contributed by atoms with E-state index >= 15 is 0 Å². The zero-order valence-electron chi connectivity index (χ0n) is 10.0. The van der Waals surface area contributed by atoms with Gasteiger partial charge in [-0.1, -0.05) is 12.8 Å². The van der Waals surface area contributed by atoms with Crippen molar-refractivity contribution in [2.24, 2.45) is 0 Å². The molecule has 0 unspecified atom stereocenters. The molecule has 1 amide bonds. The number of carbonyl (C=O) groups excluding carboxylic acids is 1. The molecule has 1 saturated heterocycles. The molecule has 0 radical (unpaired) electrons. The molecule has 2 fully saturated rings. The Kier molecular flexibility index (Phi) is 3.50. The van der Waals surface area contributed by atoms with Gasteiger partial charge in [-0.05, 0) is 32.2 Å². The predicted octanol–water partition coefficient (Wildman–Crippen LogP) is 0.502. The normalized spacial score (nSPS) is 28.2. The van der Waals surface area contributed by atoms with Crippen LogP contribution in [0.2, 0.25) is 0 Å². The van der Waals surface area contributed by atoms with Gasteiger partial charge < -0.3 is 15.3 Å². The molecular weight excluding hydrogens is 204 g/mol. The van der Waals surface area contributed by atoms with E-state index in [1.807, 2.05) is 0 Å². The van der Waals surface area contributed by atoms with Crippen LogP contribution in [-0.2, 0) is 4.79 Å². The van der Waals surface area contributed by atoms with Gasteiger partial charge in [0.2, 0.25) is 5.91 Å². The average molecular weight is 226 g/mol. The summed E-state index contributed by atoms with van der Waals surface area (Å²) in [5.41, 5.74) is -0.622. The third-order valence-corrected chi connectivity index (χ3v) is 3.80. The Balaban J connectivity index is 1.86.